The Morgan fingerprint density at radius 2 is 1.96 bits per heavy atom. The van der Waals surface area contributed by atoms with Gasteiger partial charge in [-0.05, 0) is 19.1 Å². The first-order valence-electron chi connectivity index (χ1n) is 6.62. The lowest BCUT2D eigenvalue weighted by Gasteiger charge is -2.19. The third-order valence-electron chi connectivity index (χ3n) is 2.79. The van der Waals surface area contributed by atoms with Crippen molar-refractivity contribution in [1.82, 2.24) is 9.78 Å². The molecule has 1 amide bonds. The predicted molar refractivity (Wildman–Crippen MR) is 75.6 cm³/mol. The number of para-hydroxylation sites is 2. The average molecular weight is 347 g/mol. The van der Waals surface area contributed by atoms with E-state index in [4.69, 9.17) is 4.74 Å². The molecule has 6 nitrogen and oxygen atoms in total. The maximum Gasteiger partial charge on any atom is 0.461 e. The molecule has 0 bridgehead atoms. The Kier molecular flexibility index (Phi) is 4.96. The zero-order chi connectivity index (χ0) is 17.9. The normalized spacial score (nSPS) is 11.5. The van der Waals surface area contributed by atoms with Crippen molar-refractivity contribution in [3.8, 4) is 11.5 Å². The highest BCUT2D eigenvalue weighted by molar-refractivity contribution is 5.88. The molecule has 130 valence electrons. The third-order valence-corrected chi connectivity index (χ3v) is 2.79. The number of halogens is 4. The average Bonchev–Trinajstić information content (AvgIpc) is 2.78. The van der Waals surface area contributed by atoms with E-state index in [9.17, 15) is 22.4 Å². The van der Waals surface area contributed by atoms with Crippen LogP contribution in [0, 0.1) is 6.92 Å². The summed E-state index contributed by atoms with van der Waals surface area (Å²) >= 11 is 0. The molecule has 0 aliphatic carbocycles. The molecule has 1 N–H and O–H groups in total. The molecule has 0 unspecified atom stereocenters. The monoisotopic (exact) mass is 347 g/mol. The van der Waals surface area contributed by atoms with Crippen molar-refractivity contribution in [2.75, 3.05) is 5.32 Å². The van der Waals surface area contributed by atoms with Crippen LogP contribution in [0.1, 0.15) is 5.69 Å². The molecule has 0 radical (unpaired) electrons. The van der Waals surface area contributed by atoms with Gasteiger partial charge in [0.25, 0.3) is 0 Å². The summed E-state index contributed by atoms with van der Waals surface area (Å²) in [6, 6.07) is 4.91. The van der Waals surface area contributed by atoms with Crippen LogP contribution >= 0.6 is 0 Å². The molecule has 24 heavy (non-hydrogen) atoms. The van der Waals surface area contributed by atoms with Gasteiger partial charge in [0.05, 0.1) is 11.9 Å². The smallest absolute Gasteiger partial charge is 0.426 e. The fourth-order valence-corrected chi connectivity index (χ4v) is 1.76. The Balaban J connectivity index is 2.12. The molecule has 1 aromatic carbocycles. The first-order chi connectivity index (χ1) is 11.2. The molecular formula is C14H13F4N3O3. The topological polar surface area (TPSA) is 65.4 Å². The van der Waals surface area contributed by atoms with E-state index in [1.807, 2.05) is 0 Å². The molecule has 0 aliphatic heterocycles. The van der Waals surface area contributed by atoms with Crippen LogP contribution in [0.5, 0.6) is 11.5 Å². The van der Waals surface area contributed by atoms with Crippen molar-refractivity contribution < 1.29 is 31.8 Å². The number of hydrogen-bond donors (Lipinski definition) is 1. The highest BCUT2D eigenvalue weighted by Gasteiger charge is 2.44. The van der Waals surface area contributed by atoms with E-state index in [1.165, 1.54) is 29.1 Å². The van der Waals surface area contributed by atoms with Crippen LogP contribution in [-0.4, -0.2) is 28.4 Å². The van der Waals surface area contributed by atoms with Crippen molar-refractivity contribution in [2.45, 2.75) is 19.5 Å². The Bertz CT molecular complexity index is 734. The molecule has 10 heteroatoms. The number of aryl methyl sites for hydroxylation is 2. The van der Waals surface area contributed by atoms with Gasteiger partial charge in [-0.3, -0.25) is 10.00 Å². The lowest BCUT2D eigenvalue weighted by molar-refractivity contribution is -0.252. The Morgan fingerprint density at radius 3 is 2.54 bits per heavy atom. The van der Waals surface area contributed by atoms with Crippen molar-refractivity contribution in [2.24, 2.45) is 7.05 Å². The standard InChI is InChI=1S/C14H13F4N3O3/c1-8-11(7-21(2)20-8)23-13(22)19-9-5-3-4-6-10(9)24-14(17,18)12(15)16/h3-7,12H,1-2H3,(H,19,22). The number of alkyl halides is 4. The Hall–Kier alpha value is -2.78. The van der Waals surface area contributed by atoms with E-state index < -0.39 is 24.4 Å². The van der Waals surface area contributed by atoms with Gasteiger partial charge in [-0.1, -0.05) is 12.1 Å². The summed E-state index contributed by atoms with van der Waals surface area (Å²) in [4.78, 5) is 11.8. The van der Waals surface area contributed by atoms with E-state index in [2.05, 4.69) is 15.2 Å². The Labute approximate surface area is 134 Å². The largest absolute Gasteiger partial charge is 0.461 e. The zero-order valence-electron chi connectivity index (χ0n) is 12.6. The number of nitrogens with zero attached hydrogens (tertiary/aromatic N) is 2. The molecule has 1 aromatic heterocycles. The highest BCUT2D eigenvalue weighted by atomic mass is 19.3. The van der Waals surface area contributed by atoms with Crippen LogP contribution in [0.3, 0.4) is 0 Å². The molecule has 0 saturated heterocycles. The number of hydrogen-bond acceptors (Lipinski definition) is 4. The summed E-state index contributed by atoms with van der Waals surface area (Å²) in [6.45, 7) is 1.60. The minimum absolute atomic E-state index is 0.159. The SMILES string of the molecule is Cc1nn(C)cc1OC(=O)Nc1ccccc1OC(F)(F)C(F)F. The van der Waals surface area contributed by atoms with Gasteiger partial charge in [0, 0.05) is 7.05 Å². The fraction of sp³-hybridized carbons (Fsp3) is 0.286. The molecule has 2 aromatic rings. The second-order valence-electron chi connectivity index (χ2n) is 4.73. The zero-order valence-corrected chi connectivity index (χ0v) is 12.6. The van der Waals surface area contributed by atoms with E-state index in [-0.39, 0.29) is 11.4 Å². The number of ether oxygens (including phenoxy) is 2. The molecule has 0 spiro atoms. The first-order valence-corrected chi connectivity index (χ1v) is 6.62. The quantitative estimate of drug-likeness (QED) is 0.840. The van der Waals surface area contributed by atoms with Crippen LogP contribution < -0.4 is 14.8 Å². The van der Waals surface area contributed by atoms with Gasteiger partial charge in [-0.2, -0.15) is 22.7 Å². The van der Waals surface area contributed by atoms with Crippen LogP contribution in [0.4, 0.5) is 28.0 Å². The third kappa shape index (κ3) is 4.15. The number of carbonyl (C=O) groups excluding carboxylic acids is 1. The van der Waals surface area contributed by atoms with Gasteiger partial charge >= 0.3 is 18.6 Å². The van der Waals surface area contributed by atoms with E-state index in [0.717, 1.165) is 6.07 Å². The molecule has 0 saturated carbocycles. The second-order valence-corrected chi connectivity index (χ2v) is 4.73. The molecule has 0 atom stereocenters. The van der Waals surface area contributed by atoms with Gasteiger partial charge < -0.3 is 9.47 Å². The van der Waals surface area contributed by atoms with E-state index in [0.29, 0.717) is 5.69 Å². The van der Waals surface area contributed by atoms with Crippen molar-refractivity contribution >= 4 is 11.8 Å². The van der Waals surface area contributed by atoms with Crippen molar-refractivity contribution in [1.29, 1.82) is 0 Å². The number of anilines is 1. The summed E-state index contributed by atoms with van der Waals surface area (Å²) < 4.78 is 60.9. The van der Waals surface area contributed by atoms with E-state index >= 15 is 0 Å². The van der Waals surface area contributed by atoms with Crippen LogP contribution in [0.2, 0.25) is 0 Å². The summed E-state index contributed by atoms with van der Waals surface area (Å²) in [6.07, 6.45) is -8.29. The lowest BCUT2D eigenvalue weighted by atomic mass is 10.3. The van der Waals surface area contributed by atoms with Crippen LogP contribution in [0.15, 0.2) is 30.5 Å². The van der Waals surface area contributed by atoms with E-state index in [1.54, 1.807) is 14.0 Å². The summed E-state index contributed by atoms with van der Waals surface area (Å²) in [5, 5.41) is 6.12. The summed E-state index contributed by atoms with van der Waals surface area (Å²) in [5.74, 6) is -0.464. The van der Waals surface area contributed by atoms with Crippen molar-refractivity contribution in [3.63, 3.8) is 0 Å². The fourth-order valence-electron chi connectivity index (χ4n) is 1.76. The number of amides is 1. The molecule has 0 fully saturated rings. The molecular weight excluding hydrogens is 334 g/mol. The maximum absolute atomic E-state index is 13.0. The number of aromatic nitrogens is 2. The van der Waals surface area contributed by atoms with Crippen LogP contribution in [0.25, 0.3) is 0 Å². The number of rotatable bonds is 5. The van der Waals surface area contributed by atoms with Gasteiger partial charge in [0.15, 0.2) is 5.75 Å². The van der Waals surface area contributed by atoms with Crippen molar-refractivity contribution in [3.05, 3.63) is 36.2 Å². The minimum Gasteiger partial charge on any atom is -0.426 e. The summed E-state index contributed by atoms with van der Waals surface area (Å²) in [7, 11) is 1.62. The lowest BCUT2D eigenvalue weighted by Crippen LogP contribution is -2.33. The maximum atomic E-state index is 13.0. The predicted octanol–water partition coefficient (Wildman–Crippen LogP) is 3.58. The highest BCUT2D eigenvalue weighted by Crippen LogP contribution is 2.32. The molecule has 1 heterocycles. The van der Waals surface area contributed by atoms with Gasteiger partial charge in [-0.15, -0.1) is 0 Å². The number of carbonyl (C=O) groups is 1. The first kappa shape index (κ1) is 17.6. The van der Waals surface area contributed by atoms with Gasteiger partial charge in [-0.25, -0.2) is 4.79 Å². The molecule has 2 rings (SSSR count). The summed E-state index contributed by atoms with van der Waals surface area (Å²) in [5.41, 5.74) is 0.186. The second kappa shape index (κ2) is 6.77. The molecule has 0 aliphatic rings. The minimum atomic E-state index is -4.69. The number of nitrogens with one attached hydrogen (secondary N) is 1. The van der Waals surface area contributed by atoms with Crippen LogP contribution in [-0.2, 0) is 7.05 Å². The van der Waals surface area contributed by atoms with Gasteiger partial charge in [0.1, 0.15) is 11.4 Å². The Morgan fingerprint density at radius 1 is 1.29 bits per heavy atom. The number of benzene rings is 1. The van der Waals surface area contributed by atoms with Gasteiger partial charge in [0.2, 0.25) is 0 Å².